The first-order valence-electron chi connectivity index (χ1n) is 9.19. The molecule has 3 aromatic carbocycles. The Hall–Kier alpha value is -3.77. The predicted octanol–water partition coefficient (Wildman–Crippen LogP) is 4.39. The maximum absolute atomic E-state index is 12.7. The van der Waals surface area contributed by atoms with Crippen LogP contribution in [0.2, 0.25) is 0 Å². The number of aromatic hydroxyl groups is 2. The van der Waals surface area contributed by atoms with E-state index in [0.717, 1.165) is 5.56 Å². The van der Waals surface area contributed by atoms with E-state index in [1.165, 1.54) is 12.1 Å². The minimum atomic E-state index is -0.577. The number of hydrogen-bond acceptors (Lipinski definition) is 6. The molecule has 0 spiro atoms. The van der Waals surface area contributed by atoms with Crippen LogP contribution in [-0.2, 0) is 13.1 Å². The highest BCUT2D eigenvalue weighted by atomic mass is 16.4. The molecule has 0 unspecified atom stereocenters. The molecule has 5 rings (SSSR count). The molecule has 0 aliphatic rings. The van der Waals surface area contributed by atoms with Gasteiger partial charge in [-0.05, 0) is 29.8 Å². The van der Waals surface area contributed by atoms with E-state index in [9.17, 15) is 15.0 Å². The van der Waals surface area contributed by atoms with Crippen LogP contribution in [0.1, 0.15) is 11.1 Å². The van der Waals surface area contributed by atoms with E-state index >= 15 is 0 Å². The summed E-state index contributed by atoms with van der Waals surface area (Å²) >= 11 is 0. The highest BCUT2D eigenvalue weighted by molar-refractivity contribution is 6.14. The number of furan rings is 1. The maximum atomic E-state index is 12.7. The molecule has 5 aromatic rings. The summed E-state index contributed by atoms with van der Waals surface area (Å²) < 4.78 is 11.4. The SMILES string of the molecule is O=c1oc2cc(O)ccc2c2oc3ccc(O)c(CNCc4ccccc4)c3c12. The van der Waals surface area contributed by atoms with Gasteiger partial charge in [0.2, 0.25) is 0 Å². The molecule has 2 heterocycles. The van der Waals surface area contributed by atoms with Crippen molar-refractivity contribution in [1.82, 2.24) is 5.32 Å². The van der Waals surface area contributed by atoms with E-state index < -0.39 is 5.63 Å². The summed E-state index contributed by atoms with van der Waals surface area (Å²) in [4.78, 5) is 12.7. The van der Waals surface area contributed by atoms with E-state index in [1.807, 2.05) is 30.3 Å². The van der Waals surface area contributed by atoms with Gasteiger partial charge in [0, 0.05) is 30.1 Å². The minimum absolute atomic E-state index is 0.000411. The Balaban J connectivity index is 1.66. The summed E-state index contributed by atoms with van der Waals surface area (Å²) in [7, 11) is 0. The van der Waals surface area contributed by atoms with E-state index in [0.29, 0.717) is 40.6 Å². The van der Waals surface area contributed by atoms with Crippen molar-refractivity contribution in [1.29, 1.82) is 0 Å². The molecule has 0 radical (unpaired) electrons. The van der Waals surface area contributed by atoms with Gasteiger partial charge in [-0.2, -0.15) is 0 Å². The summed E-state index contributed by atoms with van der Waals surface area (Å²) in [6.45, 7) is 0.961. The Morgan fingerprint density at radius 1 is 0.828 bits per heavy atom. The topological polar surface area (TPSA) is 95.8 Å². The first-order chi connectivity index (χ1) is 14.1. The highest BCUT2D eigenvalue weighted by Gasteiger charge is 2.20. The van der Waals surface area contributed by atoms with Crippen LogP contribution in [-0.4, -0.2) is 10.2 Å². The molecule has 2 aromatic heterocycles. The fraction of sp³-hybridized carbons (Fsp3) is 0.0870. The van der Waals surface area contributed by atoms with Crippen molar-refractivity contribution in [3.8, 4) is 11.5 Å². The average molecular weight is 387 g/mol. The van der Waals surface area contributed by atoms with Crippen molar-refractivity contribution in [2.24, 2.45) is 0 Å². The number of hydrogen-bond donors (Lipinski definition) is 3. The van der Waals surface area contributed by atoms with Crippen molar-refractivity contribution in [3.63, 3.8) is 0 Å². The van der Waals surface area contributed by atoms with Crippen LogP contribution in [0.3, 0.4) is 0 Å². The van der Waals surface area contributed by atoms with Crippen LogP contribution in [0.5, 0.6) is 11.5 Å². The fourth-order valence-electron chi connectivity index (χ4n) is 3.67. The summed E-state index contributed by atoms with van der Waals surface area (Å²) in [6, 6.07) is 17.6. The molecule has 29 heavy (non-hydrogen) atoms. The molecule has 6 nitrogen and oxygen atoms in total. The molecule has 3 N–H and O–H groups in total. The fourth-order valence-corrected chi connectivity index (χ4v) is 3.67. The Kier molecular flexibility index (Phi) is 4.00. The monoisotopic (exact) mass is 387 g/mol. The number of phenolic OH excluding ortho intramolecular Hbond substituents is 2. The Labute approximate surface area is 164 Å². The lowest BCUT2D eigenvalue weighted by atomic mass is 10.0. The zero-order chi connectivity index (χ0) is 20.0. The lowest BCUT2D eigenvalue weighted by Crippen LogP contribution is -2.13. The van der Waals surface area contributed by atoms with Crippen molar-refractivity contribution in [2.75, 3.05) is 0 Å². The first kappa shape index (κ1) is 17.3. The summed E-state index contributed by atoms with van der Waals surface area (Å²) in [6.07, 6.45) is 0. The molecule has 144 valence electrons. The van der Waals surface area contributed by atoms with Crippen LogP contribution in [0.25, 0.3) is 32.9 Å². The van der Waals surface area contributed by atoms with Crippen molar-refractivity contribution < 1.29 is 19.0 Å². The molecule has 0 bridgehead atoms. The molecule has 0 atom stereocenters. The lowest BCUT2D eigenvalue weighted by Gasteiger charge is -2.08. The van der Waals surface area contributed by atoms with Crippen molar-refractivity contribution in [2.45, 2.75) is 13.1 Å². The third-order valence-electron chi connectivity index (χ3n) is 5.03. The number of fused-ring (bicyclic) bond motifs is 5. The standard InChI is InChI=1S/C23H17NO5/c25-14-6-7-15-19(10-14)29-23(27)21-20-16(12-24-11-13-4-2-1-3-5-13)17(26)8-9-18(20)28-22(15)21/h1-10,24-26H,11-12H2. The van der Waals surface area contributed by atoms with Gasteiger partial charge >= 0.3 is 5.63 Å². The van der Waals surface area contributed by atoms with Gasteiger partial charge in [0.05, 0.1) is 5.39 Å². The van der Waals surface area contributed by atoms with Gasteiger partial charge in [-0.1, -0.05) is 30.3 Å². The van der Waals surface area contributed by atoms with Gasteiger partial charge in [0.25, 0.3) is 0 Å². The number of benzene rings is 3. The summed E-state index contributed by atoms with van der Waals surface area (Å²) in [5.74, 6) is 0.0746. The van der Waals surface area contributed by atoms with Crippen LogP contribution < -0.4 is 10.9 Å². The van der Waals surface area contributed by atoms with Gasteiger partial charge < -0.3 is 24.4 Å². The van der Waals surface area contributed by atoms with Gasteiger partial charge in [-0.15, -0.1) is 0 Å². The Morgan fingerprint density at radius 3 is 2.48 bits per heavy atom. The molecular weight excluding hydrogens is 370 g/mol. The second kappa shape index (κ2) is 6.68. The quantitative estimate of drug-likeness (QED) is 0.396. The van der Waals surface area contributed by atoms with E-state index in [1.54, 1.807) is 18.2 Å². The number of phenols is 2. The van der Waals surface area contributed by atoms with Gasteiger partial charge in [0.1, 0.15) is 28.1 Å². The molecule has 0 fully saturated rings. The Morgan fingerprint density at radius 2 is 1.66 bits per heavy atom. The van der Waals surface area contributed by atoms with Crippen molar-refractivity contribution >= 4 is 32.9 Å². The van der Waals surface area contributed by atoms with E-state index in [2.05, 4.69) is 5.32 Å². The van der Waals surface area contributed by atoms with Crippen LogP contribution in [0.15, 0.2) is 74.3 Å². The zero-order valence-electron chi connectivity index (χ0n) is 15.3. The summed E-state index contributed by atoms with van der Waals surface area (Å²) in [5.41, 5.74) is 2.22. The van der Waals surface area contributed by atoms with Gasteiger partial charge in [0.15, 0.2) is 5.58 Å². The third-order valence-corrected chi connectivity index (χ3v) is 5.03. The highest BCUT2D eigenvalue weighted by Crippen LogP contribution is 2.37. The maximum Gasteiger partial charge on any atom is 0.348 e. The molecule has 0 aliphatic carbocycles. The average Bonchev–Trinajstić information content (AvgIpc) is 3.11. The molecule has 0 saturated heterocycles. The molecule has 0 saturated carbocycles. The molecular formula is C23H17NO5. The zero-order valence-corrected chi connectivity index (χ0v) is 15.3. The third kappa shape index (κ3) is 2.90. The molecule has 6 heteroatoms. The van der Waals surface area contributed by atoms with Crippen LogP contribution in [0, 0.1) is 0 Å². The largest absolute Gasteiger partial charge is 0.508 e. The summed E-state index contributed by atoms with van der Waals surface area (Å²) in [5, 5.41) is 24.8. The first-order valence-corrected chi connectivity index (χ1v) is 9.19. The molecule has 0 aliphatic heterocycles. The number of rotatable bonds is 4. The van der Waals surface area contributed by atoms with E-state index in [4.69, 9.17) is 8.83 Å². The lowest BCUT2D eigenvalue weighted by molar-refractivity contribution is 0.465. The van der Waals surface area contributed by atoms with E-state index in [-0.39, 0.29) is 22.5 Å². The smallest absolute Gasteiger partial charge is 0.348 e. The van der Waals surface area contributed by atoms with Crippen LogP contribution >= 0.6 is 0 Å². The van der Waals surface area contributed by atoms with Crippen molar-refractivity contribution in [3.05, 3.63) is 82.2 Å². The second-order valence-corrected chi connectivity index (χ2v) is 6.90. The van der Waals surface area contributed by atoms with Gasteiger partial charge in [-0.3, -0.25) is 0 Å². The normalized spacial score (nSPS) is 11.6. The van der Waals surface area contributed by atoms with Crippen LogP contribution in [0.4, 0.5) is 0 Å². The Bertz CT molecular complexity index is 1420. The molecule has 0 amide bonds. The number of nitrogens with one attached hydrogen (secondary N) is 1. The van der Waals surface area contributed by atoms with Gasteiger partial charge in [-0.25, -0.2) is 4.79 Å². The predicted molar refractivity (Wildman–Crippen MR) is 110 cm³/mol. The second-order valence-electron chi connectivity index (χ2n) is 6.90. The minimum Gasteiger partial charge on any atom is -0.508 e.